The van der Waals surface area contributed by atoms with Crippen molar-refractivity contribution in [2.75, 3.05) is 11.4 Å². The van der Waals surface area contributed by atoms with Crippen molar-refractivity contribution in [2.24, 2.45) is 5.14 Å². The highest BCUT2D eigenvalue weighted by Crippen LogP contribution is 2.38. The van der Waals surface area contributed by atoms with Crippen molar-refractivity contribution in [2.45, 2.75) is 24.7 Å². The van der Waals surface area contributed by atoms with E-state index in [1.54, 1.807) is 4.90 Å². The van der Waals surface area contributed by atoms with Gasteiger partial charge in [0, 0.05) is 25.1 Å². The van der Waals surface area contributed by atoms with Crippen LogP contribution < -0.4 is 10.0 Å². The summed E-state index contributed by atoms with van der Waals surface area (Å²) in [6.07, 6.45) is 0. The zero-order chi connectivity index (χ0) is 12.7. The van der Waals surface area contributed by atoms with Gasteiger partial charge in [-0.15, -0.1) is 0 Å². The molecule has 2 rings (SSSR count). The number of nitrogens with zero attached hydrogens (tertiary/aromatic N) is 1. The molecule has 0 bridgehead atoms. The van der Waals surface area contributed by atoms with Crippen LogP contribution >= 0.6 is 0 Å². The smallest absolute Gasteiger partial charge is 0.223 e. The average Bonchev–Trinajstić information content (AvgIpc) is 2.55. The van der Waals surface area contributed by atoms with Gasteiger partial charge in [0.1, 0.15) is 16.8 Å². The van der Waals surface area contributed by atoms with Gasteiger partial charge >= 0.3 is 0 Å². The van der Waals surface area contributed by atoms with E-state index in [-0.39, 0.29) is 16.7 Å². The number of nitrogens with two attached hydrogens (primary N) is 1. The van der Waals surface area contributed by atoms with Crippen molar-refractivity contribution < 1.29 is 13.4 Å². The van der Waals surface area contributed by atoms with Gasteiger partial charge in [-0.25, -0.2) is 13.7 Å². The van der Waals surface area contributed by atoms with Crippen LogP contribution in [0.1, 0.15) is 25.3 Å². The Balaban J connectivity index is 2.60. The Morgan fingerprint density at radius 3 is 2.76 bits per heavy atom. The second kappa shape index (κ2) is 4.19. The Morgan fingerprint density at radius 2 is 2.24 bits per heavy atom. The van der Waals surface area contributed by atoms with E-state index >= 15 is 0 Å². The van der Waals surface area contributed by atoms with Gasteiger partial charge in [0.2, 0.25) is 5.91 Å². The summed E-state index contributed by atoms with van der Waals surface area (Å²) < 4.78 is 24.8. The first-order chi connectivity index (χ1) is 7.91. The first-order valence-corrected chi connectivity index (χ1v) is 6.41. The standard InChI is InChI=1S/C11H13FN2O2S/c1-6-5-14(7(2)15)10-4-11(17(13)16)9(12)3-8(6)10/h3-4,6H,5,13H2,1-2H3. The Labute approximate surface area is 101 Å². The first kappa shape index (κ1) is 12.2. The van der Waals surface area contributed by atoms with Crippen LogP contribution in [0.2, 0.25) is 0 Å². The highest BCUT2D eigenvalue weighted by Gasteiger charge is 2.30. The summed E-state index contributed by atoms with van der Waals surface area (Å²) >= 11 is 0. The summed E-state index contributed by atoms with van der Waals surface area (Å²) in [5, 5.41) is 5.19. The van der Waals surface area contributed by atoms with E-state index in [0.29, 0.717) is 12.2 Å². The van der Waals surface area contributed by atoms with Crippen molar-refractivity contribution in [1.82, 2.24) is 0 Å². The number of anilines is 1. The molecule has 17 heavy (non-hydrogen) atoms. The lowest BCUT2D eigenvalue weighted by Crippen LogP contribution is -2.26. The second-order valence-electron chi connectivity index (χ2n) is 4.17. The molecule has 6 heteroatoms. The summed E-state index contributed by atoms with van der Waals surface area (Å²) in [6, 6.07) is 2.73. The molecule has 0 spiro atoms. The summed E-state index contributed by atoms with van der Waals surface area (Å²) in [5.74, 6) is -0.624. The van der Waals surface area contributed by atoms with Gasteiger partial charge in [0.05, 0.1) is 4.90 Å². The molecule has 1 aliphatic rings. The second-order valence-corrected chi connectivity index (χ2v) is 5.20. The lowest BCUT2D eigenvalue weighted by atomic mass is 10.0. The average molecular weight is 256 g/mol. The summed E-state index contributed by atoms with van der Waals surface area (Å²) in [4.78, 5) is 12.9. The van der Waals surface area contributed by atoms with Crippen LogP contribution in [0.15, 0.2) is 17.0 Å². The van der Waals surface area contributed by atoms with Gasteiger partial charge in [-0.3, -0.25) is 4.79 Å². The number of amides is 1. The molecule has 1 aliphatic heterocycles. The van der Waals surface area contributed by atoms with E-state index in [1.807, 2.05) is 6.92 Å². The van der Waals surface area contributed by atoms with E-state index < -0.39 is 16.8 Å². The predicted octanol–water partition coefficient (Wildman–Crippen LogP) is 1.28. The minimum atomic E-state index is -1.89. The lowest BCUT2D eigenvalue weighted by molar-refractivity contribution is -0.116. The number of carbonyl (C=O) groups excluding carboxylic acids is 1. The number of benzene rings is 1. The molecule has 2 atom stereocenters. The fourth-order valence-corrected chi connectivity index (χ4v) is 2.59. The maximum Gasteiger partial charge on any atom is 0.223 e. The fraction of sp³-hybridized carbons (Fsp3) is 0.364. The molecule has 1 aromatic rings. The molecule has 0 saturated carbocycles. The number of halogens is 1. The van der Waals surface area contributed by atoms with E-state index in [4.69, 9.17) is 5.14 Å². The molecule has 4 nitrogen and oxygen atoms in total. The maximum atomic E-state index is 13.6. The molecule has 1 heterocycles. The summed E-state index contributed by atoms with van der Waals surface area (Å²) in [7, 11) is -1.89. The number of rotatable bonds is 1. The van der Waals surface area contributed by atoms with Crippen molar-refractivity contribution >= 4 is 22.6 Å². The van der Waals surface area contributed by atoms with E-state index in [0.717, 1.165) is 5.56 Å². The Kier molecular flexibility index (Phi) is 3.01. The van der Waals surface area contributed by atoms with Gasteiger partial charge in [-0.2, -0.15) is 0 Å². The molecule has 0 fully saturated rings. The largest absolute Gasteiger partial charge is 0.312 e. The SMILES string of the molecule is CC(=O)N1CC(C)c2cc(F)c(S(N)=O)cc21. The molecule has 1 aromatic carbocycles. The zero-order valence-corrected chi connectivity index (χ0v) is 10.4. The van der Waals surface area contributed by atoms with Gasteiger partial charge in [-0.05, 0) is 17.7 Å². The van der Waals surface area contributed by atoms with Gasteiger partial charge in [0.25, 0.3) is 0 Å². The Hall–Kier alpha value is -1.27. The van der Waals surface area contributed by atoms with Crippen LogP contribution in [0.4, 0.5) is 10.1 Å². The third-order valence-corrected chi connectivity index (χ3v) is 3.70. The molecule has 0 radical (unpaired) electrons. The van der Waals surface area contributed by atoms with Crippen molar-refractivity contribution in [3.05, 3.63) is 23.5 Å². The van der Waals surface area contributed by atoms with Crippen LogP contribution in [0.3, 0.4) is 0 Å². The summed E-state index contributed by atoms with van der Waals surface area (Å²) in [6.45, 7) is 3.88. The topological polar surface area (TPSA) is 63.4 Å². The van der Waals surface area contributed by atoms with Gasteiger partial charge in [-0.1, -0.05) is 6.92 Å². The molecule has 92 valence electrons. The highest BCUT2D eigenvalue weighted by molar-refractivity contribution is 7.82. The van der Waals surface area contributed by atoms with Crippen LogP contribution in [-0.2, 0) is 15.8 Å². The van der Waals surface area contributed by atoms with Gasteiger partial charge < -0.3 is 4.90 Å². The zero-order valence-electron chi connectivity index (χ0n) is 9.57. The van der Waals surface area contributed by atoms with Crippen LogP contribution in [-0.4, -0.2) is 16.7 Å². The number of hydrogen-bond acceptors (Lipinski definition) is 2. The van der Waals surface area contributed by atoms with Crippen molar-refractivity contribution in [3.8, 4) is 0 Å². The molecule has 0 aliphatic carbocycles. The third-order valence-electron chi connectivity index (χ3n) is 2.96. The highest BCUT2D eigenvalue weighted by atomic mass is 32.2. The van der Waals surface area contributed by atoms with Crippen molar-refractivity contribution in [1.29, 1.82) is 0 Å². The van der Waals surface area contributed by atoms with E-state index in [1.165, 1.54) is 19.1 Å². The summed E-state index contributed by atoms with van der Waals surface area (Å²) in [5.41, 5.74) is 1.37. The van der Waals surface area contributed by atoms with Gasteiger partial charge in [0.15, 0.2) is 0 Å². The lowest BCUT2D eigenvalue weighted by Gasteiger charge is -2.15. The molecular formula is C11H13FN2O2S. The van der Waals surface area contributed by atoms with Crippen LogP contribution in [0, 0.1) is 5.82 Å². The normalized spacial score (nSPS) is 20.2. The third kappa shape index (κ3) is 1.98. The molecule has 1 amide bonds. The van der Waals surface area contributed by atoms with E-state index in [9.17, 15) is 13.4 Å². The van der Waals surface area contributed by atoms with Crippen LogP contribution in [0.25, 0.3) is 0 Å². The number of hydrogen-bond donors (Lipinski definition) is 1. The Bertz CT molecular complexity index is 518. The van der Waals surface area contributed by atoms with Crippen molar-refractivity contribution in [3.63, 3.8) is 0 Å². The fourth-order valence-electron chi connectivity index (χ4n) is 2.11. The first-order valence-electron chi connectivity index (χ1n) is 5.19. The molecular weight excluding hydrogens is 243 g/mol. The van der Waals surface area contributed by atoms with Crippen LogP contribution in [0.5, 0.6) is 0 Å². The number of carbonyl (C=O) groups is 1. The molecule has 0 aromatic heterocycles. The molecule has 2 N–H and O–H groups in total. The Morgan fingerprint density at radius 1 is 1.59 bits per heavy atom. The minimum Gasteiger partial charge on any atom is -0.312 e. The van der Waals surface area contributed by atoms with E-state index in [2.05, 4.69) is 0 Å². The quantitative estimate of drug-likeness (QED) is 0.822. The molecule has 0 saturated heterocycles. The predicted molar refractivity (Wildman–Crippen MR) is 63.4 cm³/mol. The molecule has 2 unspecified atom stereocenters. The monoisotopic (exact) mass is 256 g/mol. The number of fused-ring (bicyclic) bond motifs is 1. The minimum absolute atomic E-state index is 0.0656. The maximum absolute atomic E-state index is 13.6.